The summed E-state index contributed by atoms with van der Waals surface area (Å²) in [6, 6.07) is 20.0. The molecule has 0 saturated carbocycles. The van der Waals surface area contributed by atoms with Crippen LogP contribution in [0.15, 0.2) is 60.7 Å². The van der Waals surface area contributed by atoms with E-state index < -0.39 is 0 Å². The molecule has 2 atom stereocenters. The van der Waals surface area contributed by atoms with E-state index in [1.165, 1.54) is 12.7 Å². The number of methoxy groups -OCH3 is 1. The van der Waals surface area contributed by atoms with Crippen LogP contribution in [0.3, 0.4) is 0 Å². The molecule has 0 bridgehead atoms. The molecule has 126 valence electrons. The minimum atomic E-state index is -0.307. The van der Waals surface area contributed by atoms with Gasteiger partial charge in [0.2, 0.25) is 0 Å². The smallest absolute Gasteiger partial charge is 0.313 e. The van der Waals surface area contributed by atoms with E-state index in [1.54, 1.807) is 23.5 Å². The summed E-state index contributed by atoms with van der Waals surface area (Å²) in [4.78, 5) is 12.4. The zero-order valence-electron chi connectivity index (χ0n) is 13.7. The van der Waals surface area contributed by atoms with Crippen LogP contribution in [0.25, 0.3) is 0 Å². The zero-order chi connectivity index (χ0) is 17.4. The van der Waals surface area contributed by atoms with Gasteiger partial charge in [-0.2, -0.15) is 0 Å². The molecule has 2 nitrogen and oxygen atoms in total. The van der Waals surface area contributed by atoms with Crippen LogP contribution < -0.4 is 0 Å². The maximum Gasteiger partial charge on any atom is 0.313 e. The van der Waals surface area contributed by atoms with Crippen LogP contribution in [0, 0.1) is 0 Å². The summed E-state index contributed by atoms with van der Waals surface area (Å²) in [5.74, 6) is -0.517. The summed E-state index contributed by atoms with van der Waals surface area (Å²) in [6.07, 6.45) is 2.62. The number of hydrogen-bond donors (Lipinski definition) is 0. The molecule has 5 heteroatoms. The SMILES string of the molecule is COC(=O)C(CC(SC(=S)SC)c1ccccc1)c1ccccc1. The third-order valence-corrected chi connectivity index (χ3v) is 6.57. The highest BCUT2D eigenvalue weighted by molar-refractivity contribution is 8.47. The summed E-state index contributed by atoms with van der Waals surface area (Å²) in [5.41, 5.74) is 2.14. The fraction of sp³-hybridized carbons (Fsp3) is 0.263. The van der Waals surface area contributed by atoms with Crippen molar-refractivity contribution in [1.82, 2.24) is 0 Å². The Hall–Kier alpha value is -1.30. The molecule has 0 saturated heterocycles. The molecule has 0 fully saturated rings. The van der Waals surface area contributed by atoms with Crippen molar-refractivity contribution in [3.63, 3.8) is 0 Å². The lowest BCUT2D eigenvalue weighted by Gasteiger charge is -2.22. The Labute approximate surface area is 157 Å². The number of ether oxygens (including phenoxy) is 1. The van der Waals surface area contributed by atoms with Gasteiger partial charge in [0, 0.05) is 5.25 Å². The molecule has 2 aromatic carbocycles. The zero-order valence-corrected chi connectivity index (χ0v) is 16.1. The second kappa shape index (κ2) is 9.87. The molecule has 2 rings (SSSR count). The Balaban J connectivity index is 2.30. The monoisotopic (exact) mass is 376 g/mol. The Morgan fingerprint density at radius 1 is 1.04 bits per heavy atom. The van der Waals surface area contributed by atoms with Gasteiger partial charge < -0.3 is 4.74 Å². The van der Waals surface area contributed by atoms with Gasteiger partial charge in [0.25, 0.3) is 0 Å². The van der Waals surface area contributed by atoms with Crippen molar-refractivity contribution in [2.75, 3.05) is 13.4 Å². The molecule has 0 N–H and O–H groups in total. The van der Waals surface area contributed by atoms with Gasteiger partial charge in [-0.1, -0.05) is 84.6 Å². The first-order valence-corrected chi connectivity index (χ1v) is 10.1. The van der Waals surface area contributed by atoms with E-state index in [0.717, 1.165) is 9.09 Å². The number of carbonyl (C=O) groups is 1. The second-order valence-corrected chi connectivity index (χ2v) is 8.41. The van der Waals surface area contributed by atoms with E-state index in [9.17, 15) is 4.79 Å². The van der Waals surface area contributed by atoms with Crippen LogP contribution >= 0.6 is 35.7 Å². The standard InChI is InChI=1S/C19H20O2S3/c1-21-18(20)16(14-9-5-3-6-10-14)13-17(24-19(22)23-2)15-11-7-4-8-12-15/h3-12,16-17H,13H2,1-2H3. The van der Waals surface area contributed by atoms with Gasteiger partial charge in [-0.15, -0.1) is 11.8 Å². The minimum absolute atomic E-state index is 0.107. The average molecular weight is 377 g/mol. The number of rotatable bonds is 6. The number of benzene rings is 2. The lowest BCUT2D eigenvalue weighted by molar-refractivity contribution is -0.142. The molecule has 0 aliphatic carbocycles. The first-order valence-electron chi connectivity index (χ1n) is 7.58. The van der Waals surface area contributed by atoms with Gasteiger partial charge in [-0.25, -0.2) is 0 Å². The van der Waals surface area contributed by atoms with E-state index >= 15 is 0 Å². The lowest BCUT2D eigenvalue weighted by Crippen LogP contribution is -2.17. The van der Waals surface area contributed by atoms with Crippen LogP contribution in [0.4, 0.5) is 0 Å². The summed E-state index contributed by atoms with van der Waals surface area (Å²) < 4.78 is 5.92. The molecule has 0 amide bonds. The fourth-order valence-corrected chi connectivity index (χ4v) is 4.39. The highest BCUT2D eigenvalue weighted by atomic mass is 32.2. The summed E-state index contributed by atoms with van der Waals surface area (Å²) in [7, 11) is 1.44. The van der Waals surface area contributed by atoms with Gasteiger partial charge >= 0.3 is 5.97 Å². The van der Waals surface area contributed by atoms with Gasteiger partial charge in [0.1, 0.15) is 3.53 Å². The molecule has 2 unspecified atom stereocenters. The van der Waals surface area contributed by atoms with Crippen molar-refractivity contribution >= 4 is 45.2 Å². The van der Waals surface area contributed by atoms with Crippen molar-refractivity contribution in [3.8, 4) is 0 Å². The van der Waals surface area contributed by atoms with Crippen LogP contribution in [0.1, 0.15) is 28.7 Å². The Morgan fingerprint density at radius 2 is 1.58 bits per heavy atom. The highest BCUT2D eigenvalue weighted by Gasteiger charge is 2.27. The lowest BCUT2D eigenvalue weighted by atomic mass is 9.92. The second-order valence-electron chi connectivity index (χ2n) is 5.19. The Kier molecular flexibility index (Phi) is 7.82. The number of thiocarbonyl (C=S) groups is 1. The van der Waals surface area contributed by atoms with Crippen molar-refractivity contribution in [1.29, 1.82) is 0 Å². The molecular weight excluding hydrogens is 356 g/mol. The molecule has 24 heavy (non-hydrogen) atoms. The van der Waals surface area contributed by atoms with Crippen LogP contribution in [-0.4, -0.2) is 22.9 Å². The first kappa shape index (κ1) is 19.0. The molecule has 2 aromatic rings. The maximum absolute atomic E-state index is 12.4. The van der Waals surface area contributed by atoms with Crippen molar-refractivity contribution in [2.24, 2.45) is 0 Å². The summed E-state index contributed by atoms with van der Waals surface area (Å²) >= 11 is 8.60. The number of carbonyl (C=O) groups excluding carboxylic acids is 1. The highest BCUT2D eigenvalue weighted by Crippen LogP contribution is 2.40. The Morgan fingerprint density at radius 3 is 2.08 bits per heavy atom. The van der Waals surface area contributed by atoms with Crippen molar-refractivity contribution in [2.45, 2.75) is 17.6 Å². The molecule has 0 aliphatic rings. The molecular formula is C19H20O2S3. The fourth-order valence-electron chi connectivity index (χ4n) is 2.49. The van der Waals surface area contributed by atoms with E-state index in [0.29, 0.717) is 6.42 Å². The third kappa shape index (κ3) is 5.36. The molecule has 0 aliphatic heterocycles. The predicted octanol–water partition coefficient (Wildman–Crippen LogP) is 5.46. The number of thioether (sulfide) groups is 2. The number of esters is 1. The largest absolute Gasteiger partial charge is 0.469 e. The van der Waals surface area contributed by atoms with Crippen molar-refractivity contribution < 1.29 is 9.53 Å². The van der Waals surface area contributed by atoms with Crippen LogP contribution in [0.5, 0.6) is 0 Å². The van der Waals surface area contributed by atoms with Crippen LogP contribution in [-0.2, 0) is 9.53 Å². The minimum Gasteiger partial charge on any atom is -0.469 e. The van der Waals surface area contributed by atoms with Gasteiger partial charge in [-0.05, 0) is 23.8 Å². The normalized spacial score (nSPS) is 13.1. The summed E-state index contributed by atoms with van der Waals surface area (Å²) in [5, 5.41) is 0.107. The van der Waals surface area contributed by atoms with E-state index in [1.807, 2.05) is 54.8 Å². The van der Waals surface area contributed by atoms with Gasteiger partial charge in [0.15, 0.2) is 0 Å². The van der Waals surface area contributed by atoms with Gasteiger partial charge in [-0.3, -0.25) is 4.79 Å². The van der Waals surface area contributed by atoms with Gasteiger partial charge in [0.05, 0.1) is 13.0 Å². The maximum atomic E-state index is 12.4. The topological polar surface area (TPSA) is 26.3 Å². The van der Waals surface area contributed by atoms with Crippen LogP contribution in [0.2, 0.25) is 0 Å². The molecule has 0 heterocycles. The first-order chi connectivity index (χ1) is 11.7. The molecule has 0 spiro atoms. The Bertz CT molecular complexity index is 659. The molecule has 0 aromatic heterocycles. The predicted molar refractivity (Wildman–Crippen MR) is 109 cm³/mol. The van der Waals surface area contributed by atoms with E-state index in [2.05, 4.69) is 12.1 Å². The molecule has 0 radical (unpaired) electrons. The van der Waals surface area contributed by atoms with E-state index in [4.69, 9.17) is 17.0 Å². The summed E-state index contributed by atoms with van der Waals surface area (Å²) in [6.45, 7) is 0. The van der Waals surface area contributed by atoms with Crippen molar-refractivity contribution in [3.05, 3.63) is 71.8 Å². The average Bonchev–Trinajstić information content (AvgIpc) is 2.65. The number of hydrogen-bond acceptors (Lipinski definition) is 5. The third-order valence-electron chi connectivity index (χ3n) is 3.71. The van der Waals surface area contributed by atoms with E-state index in [-0.39, 0.29) is 17.1 Å². The quantitative estimate of drug-likeness (QED) is 0.493.